The van der Waals surface area contributed by atoms with Crippen molar-refractivity contribution in [2.24, 2.45) is 0 Å². The Morgan fingerprint density at radius 1 is 0.971 bits per heavy atom. The van der Waals surface area contributed by atoms with Crippen molar-refractivity contribution < 1.29 is 19.0 Å². The molecule has 2 heterocycles. The molecule has 7 nitrogen and oxygen atoms in total. The fourth-order valence-electron chi connectivity index (χ4n) is 3.51. The highest BCUT2D eigenvalue weighted by Crippen LogP contribution is 2.40. The van der Waals surface area contributed by atoms with Gasteiger partial charge in [0, 0.05) is 22.7 Å². The highest BCUT2D eigenvalue weighted by molar-refractivity contribution is 7.13. The van der Waals surface area contributed by atoms with Crippen LogP contribution in [0.5, 0.6) is 17.2 Å². The molecule has 4 rings (SSSR count). The highest BCUT2D eigenvalue weighted by Gasteiger charge is 2.14. The number of pyridine rings is 1. The van der Waals surface area contributed by atoms with Gasteiger partial charge in [-0.05, 0) is 59.0 Å². The van der Waals surface area contributed by atoms with Crippen LogP contribution in [0, 0.1) is 0 Å². The number of ether oxygens (including phenoxy) is 3. The van der Waals surface area contributed by atoms with Gasteiger partial charge in [0.2, 0.25) is 11.7 Å². The number of nitrogens with one attached hydrogen (secondary N) is 1. The lowest BCUT2D eigenvalue weighted by Gasteiger charge is -2.14. The number of hydrogen-bond acceptors (Lipinski definition) is 7. The maximum atomic E-state index is 12.5. The zero-order valence-electron chi connectivity index (χ0n) is 19.6. The Balaban J connectivity index is 1.48. The monoisotopic (exact) mass is 487 g/mol. The maximum absolute atomic E-state index is 12.5. The van der Waals surface area contributed by atoms with Gasteiger partial charge in [-0.15, -0.1) is 11.3 Å². The number of carbonyl (C=O) groups is 1. The number of carbonyl (C=O) groups excluding carboxylic acids is 1. The molecule has 178 valence electrons. The molecule has 0 fully saturated rings. The fourth-order valence-corrected chi connectivity index (χ4v) is 4.23. The average Bonchev–Trinajstić information content (AvgIpc) is 3.43. The SMILES string of the molecule is COc1cc(-c2ccc(C=CC(=O)Nc3cc(-c4cccs4)ccc3N)cn2)cc(OC)c1OC. The number of amides is 1. The van der Waals surface area contributed by atoms with Crippen LogP contribution in [0.15, 0.2) is 72.3 Å². The Bertz CT molecular complexity index is 1320. The molecule has 4 aromatic rings. The first kappa shape index (κ1) is 23.8. The standard InChI is InChI=1S/C27H25N3O4S/c1-32-23-14-19(15-24(33-2)27(23)34-3)21-10-6-17(16-29-21)7-11-26(31)30-22-13-18(8-9-20(22)28)25-5-4-12-35-25/h4-16H,28H2,1-3H3,(H,30,31). The number of nitrogen functional groups attached to an aromatic ring is 1. The Morgan fingerprint density at radius 2 is 1.74 bits per heavy atom. The van der Waals surface area contributed by atoms with Gasteiger partial charge in [-0.2, -0.15) is 0 Å². The van der Waals surface area contributed by atoms with Gasteiger partial charge in [-0.1, -0.05) is 18.2 Å². The first-order chi connectivity index (χ1) is 17.0. The van der Waals surface area contributed by atoms with E-state index >= 15 is 0 Å². The number of benzene rings is 2. The Hall–Kier alpha value is -4.30. The van der Waals surface area contributed by atoms with Crippen molar-refractivity contribution in [3.63, 3.8) is 0 Å². The minimum atomic E-state index is -0.284. The van der Waals surface area contributed by atoms with E-state index in [-0.39, 0.29) is 5.91 Å². The van der Waals surface area contributed by atoms with E-state index in [0.717, 1.165) is 27.3 Å². The Kier molecular flexibility index (Phi) is 7.32. The number of aromatic nitrogens is 1. The molecule has 8 heteroatoms. The number of anilines is 2. The van der Waals surface area contributed by atoms with Crippen LogP contribution in [0.25, 0.3) is 27.8 Å². The van der Waals surface area contributed by atoms with Crippen molar-refractivity contribution in [1.82, 2.24) is 4.98 Å². The lowest BCUT2D eigenvalue weighted by atomic mass is 10.1. The van der Waals surface area contributed by atoms with Crippen LogP contribution < -0.4 is 25.3 Å². The summed E-state index contributed by atoms with van der Waals surface area (Å²) in [6.45, 7) is 0. The lowest BCUT2D eigenvalue weighted by Crippen LogP contribution is -2.09. The van der Waals surface area contributed by atoms with E-state index in [9.17, 15) is 4.79 Å². The summed E-state index contributed by atoms with van der Waals surface area (Å²) in [7, 11) is 4.70. The summed E-state index contributed by atoms with van der Waals surface area (Å²) < 4.78 is 16.2. The third-order valence-corrected chi connectivity index (χ3v) is 6.21. The number of hydrogen-bond donors (Lipinski definition) is 2. The molecule has 2 aromatic carbocycles. The molecule has 0 bridgehead atoms. The maximum Gasteiger partial charge on any atom is 0.248 e. The summed E-state index contributed by atoms with van der Waals surface area (Å²) >= 11 is 1.63. The van der Waals surface area contributed by atoms with E-state index in [1.54, 1.807) is 51.0 Å². The molecule has 1 amide bonds. The number of methoxy groups -OCH3 is 3. The van der Waals surface area contributed by atoms with Crippen LogP contribution in [0.1, 0.15) is 5.56 Å². The minimum absolute atomic E-state index is 0.284. The highest BCUT2D eigenvalue weighted by atomic mass is 32.1. The van der Waals surface area contributed by atoms with E-state index < -0.39 is 0 Å². The summed E-state index contributed by atoms with van der Waals surface area (Å²) in [6, 6.07) is 17.0. The van der Waals surface area contributed by atoms with E-state index in [1.165, 1.54) is 6.08 Å². The molecule has 2 aromatic heterocycles. The predicted molar refractivity (Wildman–Crippen MR) is 141 cm³/mol. The van der Waals surface area contributed by atoms with Crippen LogP contribution in [-0.4, -0.2) is 32.2 Å². The number of nitrogens with two attached hydrogens (primary N) is 1. The van der Waals surface area contributed by atoms with Gasteiger partial charge in [0.25, 0.3) is 0 Å². The number of nitrogens with zero attached hydrogens (tertiary/aromatic N) is 1. The molecule has 0 unspecified atom stereocenters. The van der Waals surface area contributed by atoms with Gasteiger partial charge in [-0.25, -0.2) is 0 Å². The topological polar surface area (TPSA) is 95.7 Å². The molecule has 0 radical (unpaired) electrons. The Labute approximate surface area is 207 Å². The third-order valence-electron chi connectivity index (χ3n) is 5.29. The van der Waals surface area contributed by atoms with Gasteiger partial charge < -0.3 is 25.3 Å². The molecule has 0 saturated heterocycles. The van der Waals surface area contributed by atoms with Crippen LogP contribution in [-0.2, 0) is 4.79 Å². The second kappa shape index (κ2) is 10.8. The molecule has 0 atom stereocenters. The Morgan fingerprint density at radius 3 is 2.34 bits per heavy atom. The first-order valence-electron chi connectivity index (χ1n) is 10.7. The van der Waals surface area contributed by atoms with Crippen LogP contribution >= 0.6 is 11.3 Å². The molecule has 0 aliphatic heterocycles. The molecular formula is C27H25N3O4S. The second-order valence-electron chi connectivity index (χ2n) is 7.49. The molecule has 0 aliphatic rings. The van der Waals surface area contributed by atoms with Crippen molar-refractivity contribution >= 4 is 34.7 Å². The first-order valence-corrected chi connectivity index (χ1v) is 11.6. The molecule has 0 aliphatic carbocycles. The van der Waals surface area contributed by atoms with E-state index in [1.807, 2.05) is 53.9 Å². The quantitative estimate of drug-likeness (QED) is 0.243. The summed E-state index contributed by atoms with van der Waals surface area (Å²) in [6.07, 6.45) is 4.84. The van der Waals surface area contributed by atoms with Gasteiger partial charge in [0.05, 0.1) is 38.4 Å². The van der Waals surface area contributed by atoms with Crippen molar-refractivity contribution in [1.29, 1.82) is 0 Å². The van der Waals surface area contributed by atoms with E-state index in [4.69, 9.17) is 19.9 Å². The van der Waals surface area contributed by atoms with E-state index in [2.05, 4.69) is 10.3 Å². The lowest BCUT2D eigenvalue weighted by molar-refractivity contribution is -0.111. The molecule has 0 spiro atoms. The van der Waals surface area contributed by atoms with Crippen molar-refractivity contribution in [3.8, 4) is 38.9 Å². The summed E-state index contributed by atoms with van der Waals surface area (Å²) in [5, 5.41) is 4.86. The fraction of sp³-hybridized carbons (Fsp3) is 0.111. The second-order valence-corrected chi connectivity index (χ2v) is 8.44. The smallest absolute Gasteiger partial charge is 0.248 e. The molecular weight excluding hydrogens is 462 g/mol. The van der Waals surface area contributed by atoms with Crippen molar-refractivity contribution in [2.45, 2.75) is 0 Å². The molecule has 0 saturated carbocycles. The zero-order valence-corrected chi connectivity index (χ0v) is 20.4. The average molecular weight is 488 g/mol. The minimum Gasteiger partial charge on any atom is -0.493 e. The number of rotatable bonds is 8. The normalized spacial score (nSPS) is 10.8. The van der Waals surface area contributed by atoms with Crippen LogP contribution in [0.4, 0.5) is 11.4 Å². The summed E-state index contributed by atoms with van der Waals surface area (Å²) in [4.78, 5) is 18.1. The van der Waals surface area contributed by atoms with Crippen LogP contribution in [0.2, 0.25) is 0 Å². The third kappa shape index (κ3) is 5.44. The van der Waals surface area contributed by atoms with Gasteiger partial charge in [0.1, 0.15) is 0 Å². The van der Waals surface area contributed by atoms with Crippen molar-refractivity contribution in [2.75, 3.05) is 32.4 Å². The van der Waals surface area contributed by atoms with Gasteiger partial charge in [-0.3, -0.25) is 9.78 Å². The van der Waals surface area contributed by atoms with Gasteiger partial charge in [0.15, 0.2) is 11.5 Å². The van der Waals surface area contributed by atoms with Crippen LogP contribution in [0.3, 0.4) is 0 Å². The molecule has 3 N–H and O–H groups in total. The predicted octanol–water partition coefficient (Wildman–Crippen LogP) is 5.74. The zero-order chi connectivity index (χ0) is 24.8. The van der Waals surface area contributed by atoms with E-state index in [0.29, 0.717) is 28.6 Å². The number of thiophene rings is 1. The largest absolute Gasteiger partial charge is 0.493 e. The summed E-state index contributed by atoms with van der Waals surface area (Å²) in [5.74, 6) is 1.33. The molecule has 35 heavy (non-hydrogen) atoms. The van der Waals surface area contributed by atoms with Crippen molar-refractivity contribution in [3.05, 3.63) is 77.8 Å². The van der Waals surface area contributed by atoms with Gasteiger partial charge >= 0.3 is 0 Å². The summed E-state index contributed by atoms with van der Waals surface area (Å²) in [5.41, 5.74) is 10.4.